The van der Waals surface area contributed by atoms with Gasteiger partial charge in [0.25, 0.3) is 0 Å². The summed E-state index contributed by atoms with van der Waals surface area (Å²) in [7, 11) is 13.8. The topological polar surface area (TPSA) is 76.0 Å². The van der Waals surface area contributed by atoms with Crippen LogP contribution < -0.4 is 15.0 Å². The van der Waals surface area contributed by atoms with Gasteiger partial charge in [-0.3, -0.25) is 10.4 Å². The van der Waals surface area contributed by atoms with Crippen molar-refractivity contribution < 1.29 is 31.3 Å². The molecule has 2 N–H and O–H groups in total. The van der Waals surface area contributed by atoms with Crippen LogP contribution in [0.3, 0.4) is 0 Å². The molecular weight excluding hydrogens is 697 g/mol. The molecule has 0 atom stereocenters. The first-order valence-electron chi connectivity index (χ1n) is 15.1. The molecule has 0 bridgehead atoms. The van der Waals surface area contributed by atoms with E-state index in [1.165, 1.54) is 32.4 Å². The molecule has 2 heterocycles. The van der Waals surface area contributed by atoms with Gasteiger partial charge in [0, 0.05) is 37.0 Å². The Labute approximate surface area is 294 Å². The van der Waals surface area contributed by atoms with E-state index in [9.17, 15) is 10.4 Å². The molecule has 4 aromatic rings. The van der Waals surface area contributed by atoms with E-state index in [0.717, 1.165) is 28.2 Å². The molecule has 10 heteroatoms. The van der Waals surface area contributed by atoms with Gasteiger partial charge in [-0.05, 0) is 111 Å². The molecule has 0 aliphatic rings. The van der Waals surface area contributed by atoms with Crippen molar-refractivity contribution >= 4 is 34.3 Å². The second-order valence-electron chi connectivity index (χ2n) is 13.6. The zero-order valence-corrected chi connectivity index (χ0v) is 33.2. The van der Waals surface area contributed by atoms with Crippen molar-refractivity contribution in [3.05, 3.63) is 89.0 Å². The number of hydrogen-bond donors (Lipinski definition) is 2. The molecule has 46 heavy (non-hydrogen) atoms. The molecule has 2 aromatic carbocycles. The van der Waals surface area contributed by atoms with Gasteiger partial charge >= 0.3 is 37.9 Å². The number of rotatable bonds is 5. The SMILES string of the molecule is Cc1cc(C)cc(-c2cccc(N(O)C(C)(C)C)n2)c1.Cc1ccc(C)c(-c2cc(N(C)C)cc(N(O)C(C)(C)C)n2)c1.[Cl][Zr][Cl]. The minimum atomic E-state index is -0.826. The summed E-state index contributed by atoms with van der Waals surface area (Å²) in [6.07, 6.45) is 0. The Kier molecular flexibility index (Phi) is 14.7. The van der Waals surface area contributed by atoms with E-state index in [1.54, 1.807) is 0 Å². The van der Waals surface area contributed by atoms with E-state index in [4.69, 9.17) is 22.0 Å². The van der Waals surface area contributed by atoms with Crippen LogP contribution in [0.25, 0.3) is 22.5 Å². The Morgan fingerprint density at radius 2 is 1.15 bits per heavy atom. The van der Waals surface area contributed by atoms with Gasteiger partial charge in [-0.2, -0.15) is 0 Å². The molecule has 0 spiro atoms. The number of pyridine rings is 2. The van der Waals surface area contributed by atoms with Crippen molar-refractivity contribution in [1.82, 2.24) is 9.97 Å². The van der Waals surface area contributed by atoms with Crippen LogP contribution in [0.5, 0.6) is 0 Å². The molecule has 7 nitrogen and oxygen atoms in total. The summed E-state index contributed by atoms with van der Waals surface area (Å²) in [6.45, 7) is 20.0. The van der Waals surface area contributed by atoms with Crippen molar-refractivity contribution in [2.24, 2.45) is 0 Å². The molecule has 0 radical (unpaired) electrons. The summed E-state index contributed by atoms with van der Waals surface area (Å²) >= 11 is -0.826. The molecule has 0 unspecified atom stereocenters. The third-order valence-electron chi connectivity index (χ3n) is 6.94. The molecular formula is C36H49Cl2N5O2Zr. The van der Waals surface area contributed by atoms with E-state index in [2.05, 4.69) is 75.1 Å². The third-order valence-corrected chi connectivity index (χ3v) is 6.94. The van der Waals surface area contributed by atoms with Crippen LogP contribution >= 0.6 is 17.0 Å². The standard InChI is InChI=1S/C19H27N3O.C17H22N2O.2ClH.Zr/c1-13-8-9-14(2)16(10-13)17-11-15(21(6)7)12-18(20-17)22(23)19(3,4)5;1-12-9-13(2)11-14(10-12)15-7-6-8-16(18-15)19(20)17(3,4)5;;;/h8-12,23H,1-7H3;6-11,20H,1-5H3;2*1H;/q;;;;+2/p-2. The Hall–Kier alpha value is -2.48. The van der Waals surface area contributed by atoms with Crippen LogP contribution in [-0.2, 0) is 20.8 Å². The fourth-order valence-electron chi connectivity index (χ4n) is 4.53. The van der Waals surface area contributed by atoms with Crippen LogP contribution in [0.1, 0.15) is 63.8 Å². The number of hydrogen-bond acceptors (Lipinski definition) is 7. The van der Waals surface area contributed by atoms with Crippen molar-refractivity contribution in [3.8, 4) is 22.5 Å². The Morgan fingerprint density at radius 1 is 0.630 bits per heavy atom. The Balaban J connectivity index is 0.000000297. The first-order valence-corrected chi connectivity index (χ1v) is 21.4. The normalized spacial score (nSPS) is 11.0. The minimum absolute atomic E-state index is 0.381. The van der Waals surface area contributed by atoms with E-state index in [1.807, 2.05) is 84.8 Å². The maximum absolute atomic E-state index is 10.5. The Morgan fingerprint density at radius 3 is 1.67 bits per heavy atom. The van der Waals surface area contributed by atoms with Gasteiger partial charge in [0.05, 0.1) is 22.5 Å². The molecule has 4 rings (SSSR count). The summed E-state index contributed by atoms with van der Waals surface area (Å²) in [5.41, 5.74) is 8.91. The zero-order chi connectivity index (χ0) is 35.0. The number of hydroxylamine groups is 2. The zero-order valence-electron chi connectivity index (χ0n) is 29.2. The fourth-order valence-corrected chi connectivity index (χ4v) is 4.53. The average molecular weight is 746 g/mol. The van der Waals surface area contributed by atoms with Crippen LogP contribution in [0.4, 0.5) is 17.3 Å². The van der Waals surface area contributed by atoms with E-state index >= 15 is 0 Å². The van der Waals surface area contributed by atoms with Gasteiger partial charge in [0.1, 0.15) is 0 Å². The molecule has 2 aromatic heterocycles. The fraction of sp³-hybridized carbons (Fsp3) is 0.389. The molecule has 248 valence electrons. The van der Waals surface area contributed by atoms with Gasteiger partial charge in [-0.15, -0.1) is 0 Å². The third kappa shape index (κ3) is 11.6. The first kappa shape index (κ1) is 39.7. The van der Waals surface area contributed by atoms with Gasteiger partial charge in [-0.25, -0.2) is 20.1 Å². The van der Waals surface area contributed by atoms with Crippen LogP contribution in [0, 0.1) is 27.7 Å². The second-order valence-corrected chi connectivity index (χ2v) is 17.3. The summed E-state index contributed by atoms with van der Waals surface area (Å²) in [5, 5.41) is 23.2. The van der Waals surface area contributed by atoms with Gasteiger partial charge in [-0.1, -0.05) is 41.0 Å². The summed E-state index contributed by atoms with van der Waals surface area (Å²) in [6, 6.07) is 22.4. The van der Waals surface area contributed by atoms with Crippen molar-refractivity contribution in [3.63, 3.8) is 0 Å². The van der Waals surface area contributed by atoms with Crippen molar-refractivity contribution in [2.45, 2.75) is 80.3 Å². The van der Waals surface area contributed by atoms with Gasteiger partial charge < -0.3 is 4.90 Å². The molecule has 0 aliphatic heterocycles. The number of aryl methyl sites for hydroxylation is 4. The molecule has 0 amide bonds. The predicted molar refractivity (Wildman–Crippen MR) is 192 cm³/mol. The summed E-state index contributed by atoms with van der Waals surface area (Å²) in [5.74, 6) is 1.12. The van der Waals surface area contributed by atoms with Crippen molar-refractivity contribution in [1.29, 1.82) is 0 Å². The maximum atomic E-state index is 10.5. The van der Waals surface area contributed by atoms with Gasteiger partial charge in [0.2, 0.25) is 0 Å². The quantitative estimate of drug-likeness (QED) is 0.197. The summed E-state index contributed by atoms with van der Waals surface area (Å²) < 4.78 is 0. The molecule has 0 aliphatic carbocycles. The number of benzene rings is 2. The number of aromatic nitrogens is 2. The molecule has 0 saturated carbocycles. The number of nitrogens with zero attached hydrogens (tertiary/aromatic N) is 5. The number of anilines is 3. The van der Waals surface area contributed by atoms with Crippen LogP contribution in [0.15, 0.2) is 66.7 Å². The predicted octanol–water partition coefficient (Wildman–Crippen LogP) is 10.2. The van der Waals surface area contributed by atoms with Crippen LogP contribution in [-0.4, -0.2) is 45.6 Å². The van der Waals surface area contributed by atoms with E-state index in [0.29, 0.717) is 11.6 Å². The monoisotopic (exact) mass is 743 g/mol. The average Bonchev–Trinajstić information content (AvgIpc) is 2.96. The number of halogens is 2. The molecule has 0 fully saturated rings. The van der Waals surface area contributed by atoms with E-state index < -0.39 is 26.4 Å². The second kappa shape index (κ2) is 17.1. The van der Waals surface area contributed by atoms with Crippen molar-refractivity contribution in [2.75, 3.05) is 29.1 Å². The van der Waals surface area contributed by atoms with Crippen LogP contribution in [0.2, 0.25) is 0 Å². The summed E-state index contributed by atoms with van der Waals surface area (Å²) in [4.78, 5) is 11.3. The van der Waals surface area contributed by atoms with E-state index in [-0.39, 0.29) is 5.54 Å². The Bertz CT molecular complexity index is 1570. The first-order chi connectivity index (χ1) is 21.3. The van der Waals surface area contributed by atoms with Gasteiger partial charge in [0.15, 0.2) is 11.6 Å². The molecule has 0 saturated heterocycles.